The summed E-state index contributed by atoms with van der Waals surface area (Å²) < 4.78 is 0. The van der Waals surface area contributed by atoms with E-state index >= 15 is 0 Å². The Morgan fingerprint density at radius 1 is 1.25 bits per heavy atom. The molecular weight excluding hydrogens is 252 g/mol. The highest BCUT2D eigenvalue weighted by molar-refractivity contribution is 5.76. The highest BCUT2D eigenvalue weighted by Crippen LogP contribution is 2.25. The van der Waals surface area contributed by atoms with Gasteiger partial charge in [0.05, 0.1) is 0 Å². The van der Waals surface area contributed by atoms with Crippen LogP contribution in [0, 0.1) is 5.92 Å². The molecular formula is C15H30N4O. The topological polar surface area (TPSA) is 61.6 Å². The van der Waals surface area contributed by atoms with Gasteiger partial charge in [0.25, 0.3) is 0 Å². The first-order valence-corrected chi connectivity index (χ1v) is 7.97. The van der Waals surface area contributed by atoms with E-state index in [0.717, 1.165) is 39.0 Å². The van der Waals surface area contributed by atoms with Crippen molar-refractivity contribution in [3.63, 3.8) is 0 Å². The maximum absolute atomic E-state index is 12.1. The van der Waals surface area contributed by atoms with Crippen LogP contribution in [0.1, 0.15) is 32.1 Å². The summed E-state index contributed by atoms with van der Waals surface area (Å²) >= 11 is 0. The Balaban J connectivity index is 1.71. The molecule has 116 valence electrons. The predicted molar refractivity (Wildman–Crippen MR) is 81.5 cm³/mol. The lowest BCUT2D eigenvalue weighted by Crippen LogP contribution is -2.54. The van der Waals surface area contributed by atoms with Crippen LogP contribution in [0.3, 0.4) is 0 Å². The van der Waals surface area contributed by atoms with Crippen LogP contribution in [0.25, 0.3) is 0 Å². The smallest absolute Gasteiger partial charge is 0.220 e. The van der Waals surface area contributed by atoms with Gasteiger partial charge in [-0.15, -0.1) is 0 Å². The minimum absolute atomic E-state index is 0.175. The Bertz CT molecular complexity index is 323. The van der Waals surface area contributed by atoms with Gasteiger partial charge in [0.15, 0.2) is 0 Å². The molecule has 3 N–H and O–H groups in total. The van der Waals surface area contributed by atoms with E-state index in [4.69, 9.17) is 5.73 Å². The zero-order chi connectivity index (χ0) is 14.5. The monoisotopic (exact) mass is 282 g/mol. The normalized spacial score (nSPS) is 33.0. The first-order chi connectivity index (χ1) is 9.56. The van der Waals surface area contributed by atoms with Crippen molar-refractivity contribution in [2.45, 2.75) is 44.2 Å². The molecule has 0 aromatic carbocycles. The van der Waals surface area contributed by atoms with Crippen LogP contribution in [0.5, 0.6) is 0 Å². The van der Waals surface area contributed by atoms with E-state index in [1.807, 2.05) is 0 Å². The van der Waals surface area contributed by atoms with Crippen LogP contribution < -0.4 is 11.1 Å². The van der Waals surface area contributed by atoms with E-state index in [1.165, 1.54) is 12.8 Å². The third kappa shape index (κ3) is 4.43. The van der Waals surface area contributed by atoms with Gasteiger partial charge in [0.1, 0.15) is 0 Å². The Morgan fingerprint density at radius 3 is 2.75 bits per heavy atom. The lowest BCUT2D eigenvalue weighted by atomic mass is 9.83. The van der Waals surface area contributed by atoms with E-state index in [9.17, 15) is 4.79 Å². The van der Waals surface area contributed by atoms with Gasteiger partial charge in [-0.3, -0.25) is 9.69 Å². The molecule has 1 saturated heterocycles. The van der Waals surface area contributed by atoms with Crippen LogP contribution in [-0.4, -0.2) is 68.1 Å². The summed E-state index contributed by atoms with van der Waals surface area (Å²) in [5.41, 5.74) is 6.11. The number of hydrogen-bond donors (Lipinski definition) is 2. The predicted octanol–water partition coefficient (Wildman–Crippen LogP) is 0.256. The minimum atomic E-state index is 0.175. The minimum Gasteiger partial charge on any atom is -0.354 e. The Morgan fingerprint density at radius 2 is 2.00 bits per heavy atom. The molecule has 5 nitrogen and oxygen atoms in total. The number of amides is 1. The van der Waals surface area contributed by atoms with Gasteiger partial charge in [-0.1, -0.05) is 12.8 Å². The number of carbonyl (C=O) groups excluding carboxylic acids is 1. The van der Waals surface area contributed by atoms with Crippen LogP contribution in [-0.2, 0) is 4.79 Å². The maximum Gasteiger partial charge on any atom is 0.220 e. The summed E-state index contributed by atoms with van der Waals surface area (Å²) in [5.74, 6) is 0.560. The molecule has 0 bridgehead atoms. The highest BCUT2D eigenvalue weighted by atomic mass is 16.1. The molecule has 2 fully saturated rings. The van der Waals surface area contributed by atoms with E-state index in [1.54, 1.807) is 0 Å². The average Bonchev–Trinajstić information content (AvgIpc) is 2.42. The van der Waals surface area contributed by atoms with Gasteiger partial charge >= 0.3 is 0 Å². The summed E-state index contributed by atoms with van der Waals surface area (Å²) in [6, 6.07) is 0.649. The second-order valence-corrected chi connectivity index (χ2v) is 6.61. The van der Waals surface area contributed by atoms with Crippen molar-refractivity contribution in [1.82, 2.24) is 15.1 Å². The third-order valence-corrected chi connectivity index (χ3v) is 4.93. The first-order valence-electron chi connectivity index (χ1n) is 7.97. The molecule has 2 aliphatic rings. The van der Waals surface area contributed by atoms with Crippen molar-refractivity contribution >= 4 is 5.91 Å². The summed E-state index contributed by atoms with van der Waals surface area (Å²) in [4.78, 5) is 16.8. The Kier molecular flexibility index (Phi) is 5.81. The molecule has 1 saturated carbocycles. The van der Waals surface area contributed by atoms with E-state index in [0.29, 0.717) is 18.4 Å². The molecule has 1 heterocycles. The second-order valence-electron chi connectivity index (χ2n) is 6.61. The van der Waals surface area contributed by atoms with Gasteiger partial charge in [0, 0.05) is 44.7 Å². The van der Waals surface area contributed by atoms with E-state index in [2.05, 4.69) is 29.2 Å². The van der Waals surface area contributed by atoms with Crippen molar-refractivity contribution in [3.05, 3.63) is 0 Å². The second kappa shape index (κ2) is 7.38. The third-order valence-electron chi connectivity index (χ3n) is 4.93. The number of hydrogen-bond acceptors (Lipinski definition) is 4. The molecule has 0 aromatic rings. The van der Waals surface area contributed by atoms with Crippen molar-refractivity contribution in [2.24, 2.45) is 11.7 Å². The van der Waals surface area contributed by atoms with E-state index < -0.39 is 0 Å². The average molecular weight is 282 g/mol. The Hall–Kier alpha value is -0.650. The summed E-state index contributed by atoms with van der Waals surface area (Å²) in [6.07, 6.45) is 5.24. The van der Waals surface area contributed by atoms with Crippen LogP contribution in [0.4, 0.5) is 0 Å². The number of likely N-dealkylation sites (N-methyl/N-ethyl adjacent to an activating group) is 2. The van der Waals surface area contributed by atoms with Gasteiger partial charge < -0.3 is 16.0 Å². The number of rotatable bonds is 4. The number of nitrogens with two attached hydrogens (primary N) is 1. The summed E-state index contributed by atoms with van der Waals surface area (Å²) in [7, 11) is 4.28. The molecule has 1 aliphatic carbocycles. The molecule has 2 rings (SSSR count). The van der Waals surface area contributed by atoms with E-state index in [-0.39, 0.29) is 11.9 Å². The Labute approximate surface area is 122 Å². The SMILES string of the molecule is CN1CCN(C)C(CNC(=O)CC2CCCCC2N)C1. The van der Waals surface area contributed by atoms with Crippen LogP contribution in [0.15, 0.2) is 0 Å². The fourth-order valence-corrected chi connectivity index (χ4v) is 3.35. The molecule has 20 heavy (non-hydrogen) atoms. The fourth-order valence-electron chi connectivity index (χ4n) is 3.35. The zero-order valence-corrected chi connectivity index (χ0v) is 13.0. The summed E-state index contributed by atoms with van der Waals surface area (Å²) in [6.45, 7) is 3.96. The fraction of sp³-hybridized carbons (Fsp3) is 0.933. The number of nitrogens with zero attached hydrogens (tertiary/aromatic N) is 2. The molecule has 0 radical (unpaired) electrons. The molecule has 1 amide bonds. The van der Waals surface area contributed by atoms with Gasteiger partial charge in [-0.05, 0) is 32.9 Å². The largest absolute Gasteiger partial charge is 0.354 e. The molecule has 0 spiro atoms. The van der Waals surface area contributed by atoms with Crippen LogP contribution >= 0.6 is 0 Å². The first kappa shape index (κ1) is 15.7. The molecule has 5 heteroatoms. The highest BCUT2D eigenvalue weighted by Gasteiger charge is 2.26. The molecule has 0 aromatic heterocycles. The zero-order valence-electron chi connectivity index (χ0n) is 13.0. The van der Waals surface area contributed by atoms with Gasteiger partial charge in [-0.2, -0.15) is 0 Å². The standard InChI is InChI=1S/C15H30N4O/c1-18-7-8-19(2)13(11-18)10-17-15(20)9-12-5-3-4-6-14(12)16/h12-14H,3-11,16H2,1-2H3,(H,17,20). The lowest BCUT2D eigenvalue weighted by Gasteiger charge is -2.37. The quantitative estimate of drug-likeness (QED) is 0.776. The maximum atomic E-state index is 12.1. The number of carbonyl (C=O) groups is 1. The van der Waals surface area contributed by atoms with Gasteiger partial charge in [0.2, 0.25) is 5.91 Å². The summed E-state index contributed by atoms with van der Waals surface area (Å²) in [5, 5.41) is 3.11. The van der Waals surface area contributed by atoms with Crippen molar-refractivity contribution in [2.75, 3.05) is 40.3 Å². The van der Waals surface area contributed by atoms with Crippen molar-refractivity contribution in [1.29, 1.82) is 0 Å². The van der Waals surface area contributed by atoms with Crippen molar-refractivity contribution < 1.29 is 4.79 Å². The molecule has 3 atom stereocenters. The lowest BCUT2D eigenvalue weighted by molar-refractivity contribution is -0.122. The van der Waals surface area contributed by atoms with Crippen molar-refractivity contribution in [3.8, 4) is 0 Å². The van der Waals surface area contributed by atoms with Gasteiger partial charge in [-0.25, -0.2) is 0 Å². The molecule has 1 aliphatic heterocycles. The number of nitrogens with one attached hydrogen (secondary N) is 1. The van der Waals surface area contributed by atoms with Crippen LogP contribution in [0.2, 0.25) is 0 Å². The molecule has 3 unspecified atom stereocenters. The number of piperazine rings is 1.